The molecule has 1 atom stereocenters. The Hall–Kier alpha value is -2.01. The Labute approximate surface area is 118 Å². The van der Waals surface area contributed by atoms with Crippen molar-refractivity contribution >= 4 is 21.7 Å². The minimum atomic E-state index is -3.87. The van der Waals surface area contributed by atoms with Crippen molar-refractivity contribution < 1.29 is 17.9 Å². The number of carbonyl (C=O) groups excluding carboxylic acids is 1. The number of hydrogen-bond acceptors (Lipinski definition) is 5. The molecule has 0 aliphatic carbocycles. The van der Waals surface area contributed by atoms with Crippen LogP contribution in [0.1, 0.15) is 36.3 Å². The summed E-state index contributed by atoms with van der Waals surface area (Å²) in [7, 11) is -3.87. The highest BCUT2D eigenvalue weighted by molar-refractivity contribution is 7.93. The molecule has 1 aromatic rings. The molecule has 20 heavy (non-hydrogen) atoms. The molecule has 1 aromatic heterocycles. The average molecular weight is 299 g/mol. The number of aromatic amines is 1. The first kappa shape index (κ1) is 16.0. The lowest BCUT2D eigenvalue weighted by molar-refractivity contribution is 0.0527. The van der Waals surface area contributed by atoms with Crippen LogP contribution in [0.15, 0.2) is 6.20 Å². The van der Waals surface area contributed by atoms with Gasteiger partial charge in [-0.05, 0) is 20.3 Å². The fourth-order valence-electron chi connectivity index (χ4n) is 1.68. The lowest BCUT2D eigenvalue weighted by Gasteiger charge is -2.11. The van der Waals surface area contributed by atoms with Gasteiger partial charge in [-0.25, -0.2) is 13.2 Å². The number of ether oxygens (including phenoxy) is 1. The monoisotopic (exact) mass is 299 g/mol. The Kier molecular flexibility index (Phi) is 5.16. The van der Waals surface area contributed by atoms with Crippen molar-refractivity contribution in [1.82, 2.24) is 4.98 Å². The molecule has 1 rings (SSSR count). The zero-order valence-corrected chi connectivity index (χ0v) is 12.4. The predicted molar refractivity (Wildman–Crippen MR) is 73.7 cm³/mol. The SMILES string of the molecule is CCOC(=O)c1c(NS(=O)(=O)C(C#N)CC)c[nH]c1C. The molecule has 2 N–H and O–H groups in total. The van der Waals surface area contributed by atoms with Crippen LogP contribution in [0.25, 0.3) is 0 Å². The second kappa shape index (κ2) is 6.43. The van der Waals surface area contributed by atoms with E-state index in [0.29, 0.717) is 5.69 Å². The summed E-state index contributed by atoms with van der Waals surface area (Å²) < 4.78 is 31.2. The van der Waals surface area contributed by atoms with E-state index >= 15 is 0 Å². The normalized spacial score (nSPS) is 12.5. The number of aryl methyl sites for hydroxylation is 1. The number of H-pyrrole nitrogens is 1. The summed E-state index contributed by atoms with van der Waals surface area (Å²) in [4.78, 5) is 14.6. The van der Waals surface area contributed by atoms with Gasteiger partial charge in [-0.2, -0.15) is 5.26 Å². The molecule has 0 aliphatic heterocycles. The summed E-state index contributed by atoms with van der Waals surface area (Å²) in [6.45, 7) is 5.07. The number of nitriles is 1. The Bertz CT molecular complexity index is 628. The van der Waals surface area contributed by atoms with Gasteiger partial charge >= 0.3 is 5.97 Å². The third-order valence-corrected chi connectivity index (χ3v) is 4.39. The van der Waals surface area contributed by atoms with E-state index in [9.17, 15) is 13.2 Å². The van der Waals surface area contributed by atoms with Crippen LogP contribution in [-0.4, -0.2) is 31.2 Å². The fraction of sp³-hybridized carbons (Fsp3) is 0.500. The van der Waals surface area contributed by atoms with Crippen molar-refractivity contribution in [2.75, 3.05) is 11.3 Å². The first-order valence-corrected chi connectivity index (χ1v) is 7.68. The number of hydrogen-bond donors (Lipinski definition) is 2. The van der Waals surface area contributed by atoms with Gasteiger partial charge in [0, 0.05) is 11.9 Å². The maximum atomic E-state index is 12.0. The number of anilines is 1. The highest BCUT2D eigenvalue weighted by atomic mass is 32.2. The molecular formula is C12H17N3O4S. The second-order valence-electron chi connectivity index (χ2n) is 4.10. The van der Waals surface area contributed by atoms with Crippen molar-refractivity contribution in [2.45, 2.75) is 32.4 Å². The van der Waals surface area contributed by atoms with Gasteiger partial charge in [0.05, 0.1) is 18.4 Å². The molecule has 0 spiro atoms. The molecule has 0 aromatic carbocycles. The first-order chi connectivity index (χ1) is 9.37. The van der Waals surface area contributed by atoms with Crippen molar-refractivity contribution in [3.05, 3.63) is 17.5 Å². The van der Waals surface area contributed by atoms with Crippen molar-refractivity contribution in [1.29, 1.82) is 5.26 Å². The Morgan fingerprint density at radius 3 is 2.70 bits per heavy atom. The van der Waals surface area contributed by atoms with Gasteiger partial charge < -0.3 is 9.72 Å². The van der Waals surface area contributed by atoms with E-state index in [2.05, 4.69) is 9.71 Å². The molecule has 7 nitrogen and oxygen atoms in total. The smallest absolute Gasteiger partial charge is 0.342 e. The van der Waals surface area contributed by atoms with Crippen LogP contribution in [-0.2, 0) is 14.8 Å². The number of esters is 1. The lowest BCUT2D eigenvalue weighted by atomic mass is 10.2. The summed E-state index contributed by atoms with van der Waals surface area (Å²) in [6.07, 6.45) is 1.52. The van der Waals surface area contributed by atoms with Crippen molar-refractivity contribution in [3.63, 3.8) is 0 Å². The van der Waals surface area contributed by atoms with E-state index in [1.54, 1.807) is 26.8 Å². The van der Waals surface area contributed by atoms with E-state index in [1.165, 1.54) is 6.20 Å². The van der Waals surface area contributed by atoms with Crippen LogP contribution in [0.4, 0.5) is 5.69 Å². The molecule has 1 heterocycles. The zero-order valence-electron chi connectivity index (χ0n) is 11.6. The van der Waals surface area contributed by atoms with E-state index < -0.39 is 21.2 Å². The number of rotatable bonds is 6. The van der Waals surface area contributed by atoms with Gasteiger partial charge in [0.2, 0.25) is 10.0 Å². The summed E-state index contributed by atoms with van der Waals surface area (Å²) in [5.74, 6) is -0.617. The molecular weight excluding hydrogens is 282 g/mol. The zero-order chi connectivity index (χ0) is 15.3. The van der Waals surface area contributed by atoms with Gasteiger partial charge in [0.1, 0.15) is 5.56 Å². The third-order valence-electron chi connectivity index (χ3n) is 2.70. The van der Waals surface area contributed by atoms with Crippen LogP contribution in [0.3, 0.4) is 0 Å². The molecule has 8 heteroatoms. The number of aromatic nitrogens is 1. The summed E-state index contributed by atoms with van der Waals surface area (Å²) >= 11 is 0. The minimum absolute atomic E-state index is 0.0923. The van der Waals surface area contributed by atoms with Crippen LogP contribution in [0.5, 0.6) is 0 Å². The van der Waals surface area contributed by atoms with E-state index in [-0.39, 0.29) is 24.3 Å². The Morgan fingerprint density at radius 2 is 2.20 bits per heavy atom. The Morgan fingerprint density at radius 1 is 1.55 bits per heavy atom. The molecule has 0 fully saturated rings. The van der Waals surface area contributed by atoms with Gasteiger partial charge in [-0.3, -0.25) is 4.72 Å². The lowest BCUT2D eigenvalue weighted by Crippen LogP contribution is -2.26. The quantitative estimate of drug-likeness (QED) is 0.774. The molecule has 0 bridgehead atoms. The van der Waals surface area contributed by atoms with Crippen LogP contribution >= 0.6 is 0 Å². The summed E-state index contributed by atoms with van der Waals surface area (Å²) in [6, 6.07) is 1.72. The molecule has 0 saturated carbocycles. The van der Waals surface area contributed by atoms with Gasteiger partial charge in [-0.1, -0.05) is 6.92 Å². The van der Waals surface area contributed by atoms with Crippen LogP contribution in [0.2, 0.25) is 0 Å². The predicted octanol–water partition coefficient (Wildman–Crippen LogP) is 1.54. The highest BCUT2D eigenvalue weighted by Gasteiger charge is 2.27. The second-order valence-corrected chi connectivity index (χ2v) is 5.96. The molecule has 0 saturated heterocycles. The summed E-state index contributed by atoms with van der Waals surface area (Å²) in [5, 5.41) is 7.67. The topological polar surface area (TPSA) is 112 Å². The van der Waals surface area contributed by atoms with Crippen molar-refractivity contribution in [3.8, 4) is 6.07 Å². The highest BCUT2D eigenvalue weighted by Crippen LogP contribution is 2.23. The number of carbonyl (C=O) groups is 1. The number of nitrogens with zero attached hydrogens (tertiary/aromatic N) is 1. The Balaban J connectivity index is 3.12. The molecule has 0 amide bonds. The van der Waals surface area contributed by atoms with E-state index in [1.807, 2.05) is 0 Å². The van der Waals surface area contributed by atoms with E-state index in [4.69, 9.17) is 10.00 Å². The van der Waals surface area contributed by atoms with Gasteiger partial charge in [-0.15, -0.1) is 0 Å². The molecule has 0 radical (unpaired) electrons. The largest absolute Gasteiger partial charge is 0.462 e. The molecule has 1 unspecified atom stereocenters. The standard InChI is InChI=1S/C12H17N3O4S/c1-4-9(6-13)20(17,18)15-10-7-14-8(3)11(10)12(16)19-5-2/h7,9,14-15H,4-5H2,1-3H3. The molecule has 0 aliphatic rings. The van der Waals surface area contributed by atoms with E-state index in [0.717, 1.165) is 0 Å². The number of sulfonamides is 1. The van der Waals surface area contributed by atoms with Crippen LogP contribution < -0.4 is 4.72 Å². The van der Waals surface area contributed by atoms with Crippen molar-refractivity contribution in [2.24, 2.45) is 0 Å². The summed E-state index contributed by atoms with van der Waals surface area (Å²) in [5.41, 5.74) is 0.712. The number of nitrogens with one attached hydrogen (secondary N) is 2. The fourth-order valence-corrected chi connectivity index (χ4v) is 2.87. The third kappa shape index (κ3) is 3.30. The van der Waals surface area contributed by atoms with Crippen LogP contribution in [0, 0.1) is 18.3 Å². The maximum absolute atomic E-state index is 12.0. The first-order valence-electron chi connectivity index (χ1n) is 6.13. The van der Waals surface area contributed by atoms with Gasteiger partial charge in [0.15, 0.2) is 5.25 Å². The average Bonchev–Trinajstić information content (AvgIpc) is 2.71. The van der Waals surface area contributed by atoms with Gasteiger partial charge in [0.25, 0.3) is 0 Å². The minimum Gasteiger partial charge on any atom is -0.462 e. The maximum Gasteiger partial charge on any atom is 0.342 e. The molecule has 110 valence electrons.